The van der Waals surface area contributed by atoms with Crippen molar-refractivity contribution in [3.8, 4) is 0 Å². The highest BCUT2D eigenvalue weighted by molar-refractivity contribution is 7.89. The van der Waals surface area contributed by atoms with Gasteiger partial charge in [-0.25, -0.2) is 13.1 Å². The Morgan fingerprint density at radius 3 is 2.54 bits per heavy atom. The van der Waals surface area contributed by atoms with E-state index in [1.165, 1.54) is 5.56 Å². The van der Waals surface area contributed by atoms with Crippen LogP contribution in [0.4, 0.5) is 0 Å². The van der Waals surface area contributed by atoms with E-state index in [1.54, 1.807) is 18.3 Å². The summed E-state index contributed by atoms with van der Waals surface area (Å²) in [6, 6.07) is 17.1. The van der Waals surface area contributed by atoms with Crippen molar-refractivity contribution in [2.45, 2.75) is 24.3 Å². The Morgan fingerprint density at radius 1 is 1.00 bits per heavy atom. The topological polar surface area (TPSA) is 62.3 Å². The van der Waals surface area contributed by atoms with Gasteiger partial charge < -0.3 is 0 Å². The average Bonchev–Trinajstić information content (AvgIpc) is 2.74. The molecule has 1 N–H and O–H groups in total. The molecule has 1 aliphatic heterocycles. The molecule has 6 heteroatoms. The number of aromatic nitrogens is 1. The molecule has 0 atom stereocenters. The molecule has 146 valence electrons. The number of likely N-dealkylation sites (tertiary alicyclic amines) is 1. The third-order valence-electron chi connectivity index (χ3n) is 5.43. The Bertz CT molecular complexity index is 1030. The fourth-order valence-corrected chi connectivity index (χ4v) is 4.90. The molecule has 0 unspecified atom stereocenters. The van der Waals surface area contributed by atoms with E-state index in [0.717, 1.165) is 43.2 Å². The summed E-state index contributed by atoms with van der Waals surface area (Å²) in [6.45, 7) is 3.37. The van der Waals surface area contributed by atoms with Crippen LogP contribution in [0, 0.1) is 5.92 Å². The van der Waals surface area contributed by atoms with Crippen molar-refractivity contribution in [2.24, 2.45) is 5.92 Å². The van der Waals surface area contributed by atoms with Crippen molar-refractivity contribution in [1.29, 1.82) is 0 Å². The zero-order chi connectivity index (χ0) is 19.4. The van der Waals surface area contributed by atoms with Gasteiger partial charge in [-0.1, -0.05) is 36.4 Å². The Balaban J connectivity index is 1.31. The molecule has 0 bridgehead atoms. The van der Waals surface area contributed by atoms with Gasteiger partial charge in [-0.3, -0.25) is 9.88 Å². The normalized spacial score (nSPS) is 16.4. The van der Waals surface area contributed by atoms with Crippen molar-refractivity contribution in [1.82, 2.24) is 14.6 Å². The van der Waals surface area contributed by atoms with Gasteiger partial charge in [0.2, 0.25) is 10.0 Å². The molecule has 1 aromatic heterocycles. The number of nitrogens with one attached hydrogen (secondary N) is 1. The van der Waals surface area contributed by atoms with Crippen LogP contribution < -0.4 is 4.72 Å². The molecule has 0 radical (unpaired) electrons. The van der Waals surface area contributed by atoms with Gasteiger partial charge in [0.15, 0.2) is 0 Å². The summed E-state index contributed by atoms with van der Waals surface area (Å²) in [7, 11) is -3.49. The molecule has 0 spiro atoms. The van der Waals surface area contributed by atoms with Gasteiger partial charge in [-0.15, -0.1) is 0 Å². The van der Waals surface area contributed by atoms with Crippen molar-refractivity contribution < 1.29 is 8.42 Å². The van der Waals surface area contributed by atoms with E-state index in [4.69, 9.17) is 0 Å². The Kier molecular flexibility index (Phi) is 5.71. The van der Waals surface area contributed by atoms with Gasteiger partial charge >= 0.3 is 0 Å². The highest BCUT2D eigenvalue weighted by atomic mass is 32.2. The molecule has 1 fully saturated rings. The van der Waals surface area contributed by atoms with E-state index in [-0.39, 0.29) is 0 Å². The predicted molar refractivity (Wildman–Crippen MR) is 111 cm³/mol. The first kappa shape index (κ1) is 19.1. The summed E-state index contributed by atoms with van der Waals surface area (Å²) >= 11 is 0. The molecule has 0 amide bonds. The van der Waals surface area contributed by atoms with Crippen LogP contribution in [-0.4, -0.2) is 37.9 Å². The smallest absolute Gasteiger partial charge is 0.240 e. The number of rotatable bonds is 6. The lowest BCUT2D eigenvalue weighted by Gasteiger charge is -2.31. The Hall–Kier alpha value is -2.28. The Labute approximate surface area is 166 Å². The first-order valence-corrected chi connectivity index (χ1v) is 11.2. The second kappa shape index (κ2) is 8.39. The van der Waals surface area contributed by atoms with Crippen molar-refractivity contribution in [3.05, 3.63) is 72.6 Å². The number of hydrogen-bond donors (Lipinski definition) is 1. The van der Waals surface area contributed by atoms with Gasteiger partial charge in [0.05, 0.1) is 4.90 Å². The van der Waals surface area contributed by atoms with Crippen molar-refractivity contribution in [2.75, 3.05) is 19.6 Å². The largest absolute Gasteiger partial charge is 0.299 e. The monoisotopic (exact) mass is 395 g/mol. The number of fused-ring (bicyclic) bond motifs is 1. The Morgan fingerprint density at radius 2 is 1.79 bits per heavy atom. The lowest BCUT2D eigenvalue weighted by molar-refractivity contribution is 0.178. The average molecular weight is 396 g/mol. The molecular weight excluding hydrogens is 370 g/mol. The summed E-state index contributed by atoms with van der Waals surface area (Å²) in [6.07, 6.45) is 5.70. The van der Waals surface area contributed by atoms with Gasteiger partial charge in [0, 0.05) is 25.5 Å². The zero-order valence-corrected chi connectivity index (χ0v) is 16.6. The third kappa shape index (κ3) is 4.58. The molecule has 28 heavy (non-hydrogen) atoms. The maximum absolute atomic E-state index is 12.7. The molecular formula is C22H25N3O2S. The van der Waals surface area contributed by atoms with Crippen LogP contribution in [0.25, 0.3) is 10.8 Å². The summed E-state index contributed by atoms with van der Waals surface area (Å²) in [5.41, 5.74) is 1.22. The quantitative estimate of drug-likeness (QED) is 0.695. The van der Waals surface area contributed by atoms with Gasteiger partial charge in [0.1, 0.15) is 0 Å². The molecule has 0 aliphatic carbocycles. The van der Waals surface area contributed by atoms with E-state index < -0.39 is 10.0 Å². The highest BCUT2D eigenvalue weighted by Gasteiger charge is 2.22. The number of hydrogen-bond acceptors (Lipinski definition) is 4. The number of nitrogens with zero attached hydrogens (tertiary/aromatic N) is 2. The van der Waals surface area contributed by atoms with Crippen LogP contribution in [0.3, 0.4) is 0 Å². The van der Waals surface area contributed by atoms with E-state index in [1.807, 2.05) is 42.6 Å². The highest BCUT2D eigenvalue weighted by Crippen LogP contribution is 2.21. The number of pyridine rings is 1. The van der Waals surface area contributed by atoms with Crippen molar-refractivity contribution in [3.63, 3.8) is 0 Å². The lowest BCUT2D eigenvalue weighted by Crippen LogP contribution is -2.38. The first-order chi connectivity index (χ1) is 13.6. The van der Waals surface area contributed by atoms with Gasteiger partial charge in [-0.05, 0) is 66.4 Å². The zero-order valence-electron chi connectivity index (χ0n) is 15.8. The van der Waals surface area contributed by atoms with Crippen LogP contribution in [0.2, 0.25) is 0 Å². The fourth-order valence-electron chi connectivity index (χ4n) is 3.74. The maximum atomic E-state index is 12.7. The first-order valence-electron chi connectivity index (χ1n) is 9.70. The molecule has 4 rings (SSSR count). The van der Waals surface area contributed by atoms with Gasteiger partial charge in [-0.2, -0.15) is 0 Å². The molecule has 1 saturated heterocycles. The van der Waals surface area contributed by atoms with Crippen LogP contribution >= 0.6 is 0 Å². The number of sulfonamides is 1. The molecule has 0 saturated carbocycles. The third-order valence-corrected chi connectivity index (χ3v) is 6.85. The summed E-state index contributed by atoms with van der Waals surface area (Å²) in [4.78, 5) is 6.91. The van der Waals surface area contributed by atoms with Gasteiger partial charge in [0.25, 0.3) is 0 Å². The standard InChI is InChI=1S/C22H25N3O2S/c26-28(27,22-8-7-20-5-1-2-6-21(20)14-22)24-16-18-9-12-25(13-10-18)17-19-4-3-11-23-15-19/h1-8,11,14-15,18,24H,9-10,12-13,16-17H2. The minimum Gasteiger partial charge on any atom is -0.299 e. The molecule has 5 nitrogen and oxygen atoms in total. The lowest BCUT2D eigenvalue weighted by atomic mass is 9.97. The van der Waals surface area contributed by atoms with Crippen LogP contribution in [0.1, 0.15) is 18.4 Å². The predicted octanol–water partition coefficient (Wildman–Crippen LogP) is 3.43. The second-order valence-electron chi connectivity index (χ2n) is 7.44. The molecule has 1 aliphatic rings. The second-order valence-corrected chi connectivity index (χ2v) is 9.21. The summed E-state index contributed by atoms with van der Waals surface area (Å²) in [5, 5.41) is 1.98. The van der Waals surface area contributed by atoms with E-state index >= 15 is 0 Å². The molecule has 2 aromatic carbocycles. The minimum atomic E-state index is -3.49. The number of piperidine rings is 1. The summed E-state index contributed by atoms with van der Waals surface area (Å²) in [5.74, 6) is 0.375. The molecule has 3 aromatic rings. The van der Waals surface area contributed by atoms with Crippen molar-refractivity contribution >= 4 is 20.8 Å². The van der Waals surface area contributed by atoms with E-state index in [9.17, 15) is 8.42 Å². The van der Waals surface area contributed by atoms with Crippen LogP contribution in [0.15, 0.2) is 71.9 Å². The minimum absolute atomic E-state index is 0.334. The van der Waals surface area contributed by atoms with Crippen LogP contribution in [0.5, 0.6) is 0 Å². The van der Waals surface area contributed by atoms with E-state index in [0.29, 0.717) is 17.4 Å². The fraction of sp³-hybridized carbons (Fsp3) is 0.318. The molecule has 2 heterocycles. The van der Waals surface area contributed by atoms with E-state index in [2.05, 4.69) is 20.7 Å². The van der Waals surface area contributed by atoms with Crippen LogP contribution in [-0.2, 0) is 16.6 Å². The SMILES string of the molecule is O=S(=O)(NCC1CCN(Cc2cccnc2)CC1)c1ccc2ccccc2c1. The maximum Gasteiger partial charge on any atom is 0.240 e. The summed E-state index contributed by atoms with van der Waals surface area (Å²) < 4.78 is 28.2. The number of benzene rings is 2.